The molecule has 2 rings (SSSR count). The van der Waals surface area contributed by atoms with Gasteiger partial charge in [-0.3, -0.25) is 9.19 Å². The molecule has 0 fully saturated rings. The Morgan fingerprint density at radius 2 is 1.94 bits per heavy atom. The Hall–Kier alpha value is -1.75. The van der Waals surface area contributed by atoms with E-state index in [9.17, 15) is 8.60 Å². The number of pyridine rings is 1. The highest BCUT2D eigenvalue weighted by molar-refractivity contribution is 7.85. The zero-order valence-corrected chi connectivity index (χ0v) is 10.5. The topological polar surface area (TPSA) is 56.0 Å². The van der Waals surface area contributed by atoms with Gasteiger partial charge in [0, 0.05) is 23.8 Å². The van der Waals surface area contributed by atoms with Gasteiger partial charge in [0.05, 0.1) is 15.7 Å². The number of halogens is 1. The predicted octanol–water partition coefficient (Wildman–Crippen LogP) is 2.15. The Morgan fingerprint density at radius 3 is 2.61 bits per heavy atom. The molecule has 1 heterocycles. The van der Waals surface area contributed by atoms with Crippen molar-refractivity contribution in [2.24, 2.45) is 0 Å². The number of hydrogen-bond acceptors (Lipinski definition) is 3. The van der Waals surface area contributed by atoms with E-state index in [4.69, 9.17) is 5.73 Å². The van der Waals surface area contributed by atoms with E-state index < -0.39 is 16.6 Å². The molecule has 0 aliphatic heterocycles. The van der Waals surface area contributed by atoms with E-state index in [2.05, 4.69) is 4.98 Å². The van der Waals surface area contributed by atoms with Gasteiger partial charge in [0.15, 0.2) is 0 Å². The van der Waals surface area contributed by atoms with Crippen LogP contribution in [0, 0.1) is 5.82 Å². The highest BCUT2D eigenvalue weighted by atomic mass is 32.2. The summed E-state index contributed by atoms with van der Waals surface area (Å²) >= 11 is 0. The minimum Gasteiger partial charge on any atom is -0.399 e. The molecule has 0 saturated heterocycles. The van der Waals surface area contributed by atoms with Crippen molar-refractivity contribution in [1.29, 1.82) is 0 Å². The van der Waals surface area contributed by atoms with Gasteiger partial charge < -0.3 is 5.73 Å². The molecule has 3 nitrogen and oxygen atoms in total. The summed E-state index contributed by atoms with van der Waals surface area (Å²) in [4.78, 5) is 4.11. The van der Waals surface area contributed by atoms with E-state index in [0.29, 0.717) is 17.9 Å². The van der Waals surface area contributed by atoms with Crippen LogP contribution in [0.4, 0.5) is 10.1 Å². The number of hydrogen-bond donors (Lipinski definition) is 1. The van der Waals surface area contributed by atoms with E-state index in [1.54, 1.807) is 18.5 Å². The van der Waals surface area contributed by atoms with E-state index in [-0.39, 0.29) is 4.90 Å². The van der Waals surface area contributed by atoms with Gasteiger partial charge >= 0.3 is 0 Å². The Morgan fingerprint density at radius 1 is 1.22 bits per heavy atom. The molecule has 1 atom stereocenters. The standard InChI is InChI=1S/C13H13FN2OS/c14-12-9-11(15)1-2-13(12)18(17)8-5-10-3-6-16-7-4-10/h1-4,6-7,9H,5,8,15H2. The number of nitrogens with zero attached hydrogens (tertiary/aromatic N) is 1. The molecule has 2 aromatic rings. The molecule has 1 unspecified atom stereocenters. The van der Waals surface area contributed by atoms with Crippen LogP contribution in [0.25, 0.3) is 0 Å². The van der Waals surface area contributed by atoms with Crippen LogP contribution < -0.4 is 5.73 Å². The van der Waals surface area contributed by atoms with Crippen LogP contribution in [-0.2, 0) is 17.2 Å². The summed E-state index contributed by atoms with van der Waals surface area (Å²) in [5.41, 5.74) is 6.82. The molecule has 94 valence electrons. The third kappa shape index (κ3) is 3.13. The van der Waals surface area contributed by atoms with Crippen molar-refractivity contribution in [3.8, 4) is 0 Å². The van der Waals surface area contributed by atoms with Crippen LogP contribution in [-0.4, -0.2) is 14.9 Å². The normalized spacial score (nSPS) is 12.3. The van der Waals surface area contributed by atoms with Gasteiger partial charge in [-0.25, -0.2) is 4.39 Å². The summed E-state index contributed by atoms with van der Waals surface area (Å²) in [6, 6.07) is 7.95. The number of benzene rings is 1. The number of aryl methyl sites for hydroxylation is 1. The van der Waals surface area contributed by atoms with Crippen molar-refractivity contribution >= 4 is 16.5 Å². The van der Waals surface area contributed by atoms with E-state index >= 15 is 0 Å². The smallest absolute Gasteiger partial charge is 0.141 e. The van der Waals surface area contributed by atoms with Gasteiger partial charge in [0.25, 0.3) is 0 Å². The Balaban J connectivity index is 2.04. The van der Waals surface area contributed by atoms with Crippen LogP contribution in [0.5, 0.6) is 0 Å². The molecule has 0 amide bonds. The Bertz CT molecular complexity index is 560. The average Bonchev–Trinajstić information content (AvgIpc) is 2.37. The minimum absolute atomic E-state index is 0.207. The third-order valence-electron chi connectivity index (χ3n) is 2.53. The summed E-state index contributed by atoms with van der Waals surface area (Å²) < 4.78 is 25.5. The zero-order valence-electron chi connectivity index (χ0n) is 9.67. The fourth-order valence-electron chi connectivity index (χ4n) is 1.57. The maximum atomic E-state index is 13.5. The first kappa shape index (κ1) is 12.7. The maximum Gasteiger partial charge on any atom is 0.141 e. The van der Waals surface area contributed by atoms with Crippen LogP contribution in [0.3, 0.4) is 0 Å². The molecule has 0 saturated carbocycles. The molecule has 0 aliphatic carbocycles. The lowest BCUT2D eigenvalue weighted by molar-refractivity contribution is 0.596. The number of nitrogen functional groups attached to an aromatic ring is 1. The molecule has 0 spiro atoms. The molecule has 2 N–H and O–H groups in total. The Labute approximate surface area is 107 Å². The second-order valence-corrected chi connectivity index (χ2v) is 5.38. The van der Waals surface area contributed by atoms with Gasteiger partial charge in [-0.05, 0) is 42.3 Å². The molecular weight excluding hydrogens is 251 g/mol. The van der Waals surface area contributed by atoms with Crippen molar-refractivity contribution in [2.45, 2.75) is 11.3 Å². The van der Waals surface area contributed by atoms with E-state index in [0.717, 1.165) is 5.56 Å². The highest BCUT2D eigenvalue weighted by Gasteiger charge is 2.10. The van der Waals surface area contributed by atoms with Gasteiger partial charge in [-0.2, -0.15) is 0 Å². The minimum atomic E-state index is -1.35. The van der Waals surface area contributed by atoms with Crippen molar-refractivity contribution in [3.63, 3.8) is 0 Å². The molecule has 0 bridgehead atoms. The lowest BCUT2D eigenvalue weighted by Gasteiger charge is -2.04. The Kier molecular flexibility index (Phi) is 4.04. The molecule has 0 aliphatic rings. The van der Waals surface area contributed by atoms with Crippen molar-refractivity contribution < 1.29 is 8.60 Å². The van der Waals surface area contributed by atoms with Crippen LogP contribution in [0.15, 0.2) is 47.6 Å². The molecule has 0 radical (unpaired) electrons. The predicted molar refractivity (Wildman–Crippen MR) is 70.0 cm³/mol. The van der Waals surface area contributed by atoms with E-state index in [1.165, 1.54) is 12.1 Å². The fraction of sp³-hybridized carbons (Fsp3) is 0.154. The largest absolute Gasteiger partial charge is 0.399 e. The second-order valence-electron chi connectivity index (χ2n) is 3.84. The highest BCUT2D eigenvalue weighted by Crippen LogP contribution is 2.16. The van der Waals surface area contributed by atoms with Crippen LogP contribution >= 0.6 is 0 Å². The summed E-state index contributed by atoms with van der Waals surface area (Å²) in [5.74, 6) is -0.131. The quantitative estimate of drug-likeness (QED) is 0.861. The van der Waals surface area contributed by atoms with Gasteiger partial charge in [-0.15, -0.1) is 0 Å². The number of rotatable bonds is 4. The third-order valence-corrected chi connectivity index (χ3v) is 3.92. The lowest BCUT2D eigenvalue weighted by Crippen LogP contribution is -2.04. The van der Waals surface area contributed by atoms with Gasteiger partial charge in [0.2, 0.25) is 0 Å². The monoisotopic (exact) mass is 264 g/mol. The lowest BCUT2D eigenvalue weighted by atomic mass is 10.2. The first-order chi connectivity index (χ1) is 8.66. The number of aromatic nitrogens is 1. The number of nitrogens with two attached hydrogens (primary N) is 1. The SMILES string of the molecule is Nc1ccc(S(=O)CCc2ccncc2)c(F)c1. The summed E-state index contributed by atoms with van der Waals surface area (Å²) in [6.45, 7) is 0. The van der Waals surface area contributed by atoms with Crippen LogP contribution in [0.1, 0.15) is 5.56 Å². The summed E-state index contributed by atoms with van der Waals surface area (Å²) in [5, 5.41) is 0. The summed E-state index contributed by atoms with van der Waals surface area (Å²) in [6.07, 6.45) is 3.99. The first-order valence-electron chi connectivity index (χ1n) is 5.49. The number of anilines is 1. The van der Waals surface area contributed by atoms with Gasteiger partial charge in [-0.1, -0.05) is 0 Å². The second kappa shape index (κ2) is 5.73. The average molecular weight is 264 g/mol. The van der Waals surface area contributed by atoms with Crippen molar-refractivity contribution in [2.75, 3.05) is 11.5 Å². The van der Waals surface area contributed by atoms with Gasteiger partial charge in [0.1, 0.15) is 5.82 Å². The molecule has 18 heavy (non-hydrogen) atoms. The first-order valence-corrected chi connectivity index (χ1v) is 6.81. The molecule has 5 heteroatoms. The van der Waals surface area contributed by atoms with Crippen molar-refractivity contribution in [1.82, 2.24) is 4.98 Å². The van der Waals surface area contributed by atoms with E-state index in [1.807, 2.05) is 12.1 Å². The molecular formula is C13H13FN2OS. The van der Waals surface area contributed by atoms with Crippen LogP contribution in [0.2, 0.25) is 0 Å². The van der Waals surface area contributed by atoms with Crippen molar-refractivity contribution in [3.05, 3.63) is 54.1 Å². The maximum absolute atomic E-state index is 13.5. The fourth-order valence-corrected chi connectivity index (χ4v) is 2.71. The zero-order chi connectivity index (χ0) is 13.0. The molecule has 1 aromatic heterocycles. The summed E-state index contributed by atoms with van der Waals surface area (Å²) in [7, 11) is -1.35. The molecule has 1 aromatic carbocycles.